The summed E-state index contributed by atoms with van der Waals surface area (Å²) in [4.78, 5) is 0. The Morgan fingerprint density at radius 3 is 1.93 bits per heavy atom. The van der Waals surface area contributed by atoms with Crippen LogP contribution in [0.3, 0.4) is 0 Å². The summed E-state index contributed by atoms with van der Waals surface area (Å²) in [5.41, 5.74) is 4.06. The van der Waals surface area contributed by atoms with Gasteiger partial charge < -0.3 is 5.32 Å². The smallest absolute Gasteiger partial charge is 0.0348 e. The van der Waals surface area contributed by atoms with E-state index in [2.05, 4.69) is 82.5 Å². The summed E-state index contributed by atoms with van der Waals surface area (Å²) in [6.45, 7) is 4.33. The van der Waals surface area contributed by atoms with Crippen molar-refractivity contribution < 1.29 is 0 Å². The molecule has 1 nitrogen and oxygen atoms in total. The maximum atomic E-state index is 3.45. The Balaban J connectivity index is 2.92. The molecule has 0 radical (unpaired) electrons. The molecule has 14 heavy (non-hydrogen) atoms. The third-order valence-electron chi connectivity index (χ3n) is 1.82. The number of hydrogen-bond donors (Lipinski definition) is 1. The molecule has 1 N–H and O–H groups in total. The Bertz CT molecular complexity index is 275. The van der Waals surface area contributed by atoms with Gasteiger partial charge in [0, 0.05) is 20.6 Å². The maximum absolute atomic E-state index is 3.45. The predicted octanol–water partition coefficient (Wildman–Crippen LogP) is 4.38. The molecular weight excluding hydrogens is 400 g/mol. The van der Waals surface area contributed by atoms with Crippen LogP contribution in [0.15, 0.2) is 18.2 Å². The average Bonchev–Trinajstić information content (AvgIpc) is 2.16. The second kappa shape index (κ2) is 6.15. The zero-order valence-corrected chi connectivity index (χ0v) is 12.8. The van der Waals surface area contributed by atoms with E-state index in [4.69, 9.17) is 0 Å². The number of rotatable bonds is 4. The minimum Gasteiger partial charge on any atom is -0.383 e. The van der Waals surface area contributed by atoms with E-state index < -0.39 is 0 Å². The number of hydrogen-bond acceptors (Lipinski definition) is 1. The largest absolute Gasteiger partial charge is 0.383 e. The van der Waals surface area contributed by atoms with E-state index in [1.54, 1.807) is 0 Å². The van der Waals surface area contributed by atoms with Gasteiger partial charge in [-0.1, -0.05) is 51.2 Å². The molecule has 0 spiro atoms. The van der Waals surface area contributed by atoms with Crippen molar-refractivity contribution in [2.24, 2.45) is 0 Å². The highest BCUT2D eigenvalue weighted by molar-refractivity contribution is 14.1. The Morgan fingerprint density at radius 1 is 1.07 bits per heavy atom. The number of alkyl halides is 2. The quantitative estimate of drug-likeness (QED) is 0.569. The highest BCUT2D eigenvalue weighted by atomic mass is 127. The fraction of sp³-hybridized carbons (Fsp3) is 0.455. The molecule has 1 rings (SSSR count). The highest BCUT2D eigenvalue weighted by Crippen LogP contribution is 2.19. The van der Waals surface area contributed by atoms with Crippen LogP contribution in [-0.4, -0.2) is 6.04 Å². The van der Waals surface area contributed by atoms with Crippen LogP contribution in [0.5, 0.6) is 0 Å². The van der Waals surface area contributed by atoms with Gasteiger partial charge in [0.2, 0.25) is 0 Å². The monoisotopic (exact) mass is 415 g/mol. The van der Waals surface area contributed by atoms with Crippen LogP contribution < -0.4 is 5.32 Å². The van der Waals surface area contributed by atoms with Crippen molar-refractivity contribution in [2.75, 3.05) is 5.32 Å². The van der Waals surface area contributed by atoms with Crippen molar-refractivity contribution >= 4 is 50.9 Å². The number of anilines is 1. The van der Waals surface area contributed by atoms with Gasteiger partial charge >= 0.3 is 0 Å². The second-order valence-corrected chi connectivity index (χ2v) is 5.13. The van der Waals surface area contributed by atoms with Gasteiger partial charge in [0.25, 0.3) is 0 Å². The molecule has 0 heterocycles. The van der Waals surface area contributed by atoms with E-state index in [0.717, 1.165) is 8.86 Å². The molecule has 78 valence electrons. The molecule has 0 aliphatic heterocycles. The van der Waals surface area contributed by atoms with Crippen LogP contribution in [0.25, 0.3) is 0 Å². The van der Waals surface area contributed by atoms with Crippen LogP contribution in [0, 0.1) is 0 Å². The summed E-state index contributed by atoms with van der Waals surface area (Å²) >= 11 is 4.81. The van der Waals surface area contributed by atoms with Crippen LogP contribution >= 0.6 is 45.2 Å². The van der Waals surface area contributed by atoms with Crippen LogP contribution in [-0.2, 0) is 8.86 Å². The van der Waals surface area contributed by atoms with Crippen LogP contribution in [0.4, 0.5) is 5.69 Å². The molecule has 3 heteroatoms. The fourth-order valence-electron chi connectivity index (χ4n) is 1.33. The summed E-state index contributed by atoms with van der Waals surface area (Å²) in [6, 6.07) is 7.26. The zero-order valence-electron chi connectivity index (χ0n) is 8.48. The van der Waals surface area contributed by atoms with E-state index in [9.17, 15) is 0 Å². The van der Waals surface area contributed by atoms with Gasteiger partial charge in [-0.25, -0.2) is 0 Å². The normalized spacial score (nSPS) is 10.6. The molecule has 0 bridgehead atoms. The molecule has 0 fully saturated rings. The van der Waals surface area contributed by atoms with Crippen LogP contribution in [0.2, 0.25) is 0 Å². The predicted molar refractivity (Wildman–Crippen MR) is 80.6 cm³/mol. The average molecular weight is 415 g/mol. The lowest BCUT2D eigenvalue weighted by molar-refractivity contribution is 0.899. The SMILES string of the molecule is CC(C)Nc1cc(CI)cc(CI)c1. The maximum Gasteiger partial charge on any atom is 0.0348 e. The first kappa shape index (κ1) is 12.5. The number of nitrogens with one attached hydrogen (secondary N) is 1. The van der Waals surface area contributed by atoms with Gasteiger partial charge in [0.1, 0.15) is 0 Å². The molecule has 0 aliphatic carbocycles. The first-order valence-electron chi connectivity index (χ1n) is 4.67. The first-order chi connectivity index (χ1) is 6.65. The fourth-order valence-corrected chi connectivity index (χ4v) is 2.21. The van der Waals surface area contributed by atoms with Crippen molar-refractivity contribution in [3.63, 3.8) is 0 Å². The van der Waals surface area contributed by atoms with Gasteiger partial charge in [-0.3, -0.25) is 0 Å². The molecule has 0 unspecified atom stereocenters. The minimum absolute atomic E-state index is 0.501. The molecule has 0 saturated heterocycles. The molecule has 1 aromatic carbocycles. The topological polar surface area (TPSA) is 12.0 Å². The molecule has 0 amide bonds. The van der Waals surface area contributed by atoms with Gasteiger partial charge in [0.15, 0.2) is 0 Å². The van der Waals surface area contributed by atoms with E-state index in [-0.39, 0.29) is 0 Å². The summed E-state index contributed by atoms with van der Waals surface area (Å²) < 4.78 is 2.16. The first-order valence-corrected chi connectivity index (χ1v) is 7.72. The van der Waals surface area contributed by atoms with Crippen molar-refractivity contribution in [1.82, 2.24) is 0 Å². The summed E-state index contributed by atoms with van der Waals surface area (Å²) in [5, 5.41) is 3.45. The van der Waals surface area contributed by atoms with E-state index in [1.807, 2.05) is 0 Å². The number of benzene rings is 1. The summed E-state index contributed by atoms with van der Waals surface area (Å²) in [5.74, 6) is 0. The second-order valence-electron chi connectivity index (χ2n) is 3.60. The third kappa shape index (κ3) is 3.92. The Kier molecular flexibility index (Phi) is 5.51. The van der Waals surface area contributed by atoms with Crippen LogP contribution in [0.1, 0.15) is 25.0 Å². The molecule has 1 aromatic rings. The van der Waals surface area contributed by atoms with Gasteiger partial charge in [0.05, 0.1) is 0 Å². The van der Waals surface area contributed by atoms with E-state index >= 15 is 0 Å². The van der Waals surface area contributed by atoms with Crippen molar-refractivity contribution in [3.05, 3.63) is 29.3 Å². The molecule has 0 saturated carbocycles. The highest BCUT2D eigenvalue weighted by Gasteiger charge is 2.00. The van der Waals surface area contributed by atoms with Gasteiger partial charge in [-0.05, 0) is 37.1 Å². The van der Waals surface area contributed by atoms with E-state index in [1.165, 1.54) is 16.8 Å². The lowest BCUT2D eigenvalue weighted by Crippen LogP contribution is -2.10. The molecular formula is C11H15I2N. The standard InChI is InChI=1S/C11H15I2N/c1-8(2)14-11-4-9(6-12)3-10(5-11)7-13/h3-5,8,14H,6-7H2,1-2H3. The Morgan fingerprint density at radius 2 is 1.57 bits per heavy atom. The zero-order chi connectivity index (χ0) is 10.6. The van der Waals surface area contributed by atoms with Crippen molar-refractivity contribution in [1.29, 1.82) is 0 Å². The summed E-state index contributed by atoms with van der Waals surface area (Å²) in [7, 11) is 0. The number of halogens is 2. The lowest BCUT2D eigenvalue weighted by atomic mass is 10.1. The van der Waals surface area contributed by atoms with Crippen molar-refractivity contribution in [3.8, 4) is 0 Å². The lowest BCUT2D eigenvalue weighted by Gasteiger charge is -2.12. The van der Waals surface area contributed by atoms with Gasteiger partial charge in [-0.15, -0.1) is 0 Å². The third-order valence-corrected chi connectivity index (χ3v) is 3.58. The molecule has 0 atom stereocenters. The molecule has 0 aromatic heterocycles. The Labute approximate surface area is 113 Å². The van der Waals surface area contributed by atoms with Crippen molar-refractivity contribution in [2.45, 2.75) is 28.7 Å². The minimum atomic E-state index is 0.501. The Hall–Kier alpha value is 0.480. The summed E-state index contributed by atoms with van der Waals surface area (Å²) in [6.07, 6.45) is 0. The van der Waals surface area contributed by atoms with E-state index in [0.29, 0.717) is 6.04 Å². The van der Waals surface area contributed by atoms with Gasteiger partial charge in [-0.2, -0.15) is 0 Å². The molecule has 0 aliphatic rings.